The van der Waals surface area contributed by atoms with E-state index < -0.39 is 9.84 Å². The normalized spacial score (nSPS) is 28.0. The van der Waals surface area contributed by atoms with E-state index >= 15 is 0 Å². The lowest BCUT2D eigenvalue weighted by atomic mass is 10.1. The maximum Gasteiger partial charge on any atom is 0.177 e. The summed E-state index contributed by atoms with van der Waals surface area (Å²) >= 11 is 1.69. The van der Waals surface area contributed by atoms with Crippen LogP contribution in [0.5, 0.6) is 0 Å². The van der Waals surface area contributed by atoms with Gasteiger partial charge in [0.25, 0.3) is 0 Å². The molecule has 1 N–H and O–H groups in total. The number of aromatic nitrogens is 1. The van der Waals surface area contributed by atoms with Gasteiger partial charge in [0.05, 0.1) is 23.3 Å². The fourth-order valence-corrected chi connectivity index (χ4v) is 6.03. The standard InChI is InChI=1S/C16H22N4O2S2/c1-10-7-14(11(2)20(10)13-5-6-24(21,22)9-13)15-8-23-16(19-18-15)17-12-3-4-12/h7,12-13H,3-6,8-9H2,1-2H3,(H,17,19). The van der Waals surface area contributed by atoms with Crippen LogP contribution in [0.15, 0.2) is 16.2 Å². The van der Waals surface area contributed by atoms with E-state index in [-0.39, 0.29) is 11.8 Å². The topological polar surface area (TPSA) is 75.8 Å². The highest BCUT2D eigenvalue weighted by atomic mass is 32.2. The number of amidine groups is 1. The number of hydrogen-bond donors (Lipinski definition) is 1. The summed E-state index contributed by atoms with van der Waals surface area (Å²) < 4.78 is 25.8. The van der Waals surface area contributed by atoms with E-state index in [1.807, 2.05) is 6.92 Å². The number of aliphatic imine (C=N–C) groups is 1. The molecule has 1 saturated carbocycles. The Morgan fingerprint density at radius 2 is 2.12 bits per heavy atom. The molecule has 6 nitrogen and oxygen atoms in total. The highest BCUT2D eigenvalue weighted by Crippen LogP contribution is 2.30. The van der Waals surface area contributed by atoms with Gasteiger partial charge in [-0.05, 0) is 39.2 Å². The van der Waals surface area contributed by atoms with Gasteiger partial charge in [0.1, 0.15) is 0 Å². The smallest absolute Gasteiger partial charge is 0.177 e. The van der Waals surface area contributed by atoms with Crippen molar-refractivity contribution in [2.45, 2.75) is 45.2 Å². The molecule has 0 spiro atoms. The van der Waals surface area contributed by atoms with Crippen LogP contribution in [0, 0.1) is 13.8 Å². The van der Waals surface area contributed by atoms with Crippen LogP contribution in [0.1, 0.15) is 42.3 Å². The Bertz CT molecular complexity index is 835. The zero-order valence-electron chi connectivity index (χ0n) is 13.9. The Balaban J connectivity index is 1.59. The Morgan fingerprint density at radius 1 is 1.33 bits per heavy atom. The number of hydrazone groups is 1. The first-order valence-electron chi connectivity index (χ1n) is 8.35. The van der Waals surface area contributed by atoms with Gasteiger partial charge in [0, 0.05) is 28.7 Å². The summed E-state index contributed by atoms with van der Waals surface area (Å²) in [5.41, 5.74) is 7.41. The second-order valence-corrected chi connectivity index (χ2v) is 10.0. The number of nitrogens with zero attached hydrogens (tertiary/aromatic N) is 3. The fraction of sp³-hybridized carbons (Fsp3) is 0.625. The van der Waals surface area contributed by atoms with Gasteiger partial charge >= 0.3 is 0 Å². The lowest BCUT2D eigenvalue weighted by molar-refractivity contribution is 0.535. The molecule has 0 amide bonds. The van der Waals surface area contributed by atoms with Gasteiger partial charge in [-0.15, -0.1) is 0 Å². The number of aryl methyl sites for hydroxylation is 1. The van der Waals surface area contributed by atoms with Crippen molar-refractivity contribution in [3.63, 3.8) is 0 Å². The van der Waals surface area contributed by atoms with Gasteiger partial charge in [-0.3, -0.25) is 10.4 Å². The minimum absolute atomic E-state index is 0.0561. The van der Waals surface area contributed by atoms with Crippen LogP contribution in [-0.2, 0) is 9.84 Å². The Labute approximate surface area is 146 Å². The number of hydrogen-bond acceptors (Lipinski definition) is 5. The largest absolute Gasteiger partial charge is 0.344 e. The van der Waals surface area contributed by atoms with Gasteiger partial charge in [-0.25, -0.2) is 8.42 Å². The summed E-state index contributed by atoms with van der Waals surface area (Å²) in [5, 5.41) is 5.43. The number of sulfone groups is 1. The molecule has 1 aliphatic carbocycles. The van der Waals surface area contributed by atoms with Gasteiger partial charge in [-0.2, -0.15) is 5.10 Å². The first-order chi connectivity index (χ1) is 11.4. The minimum Gasteiger partial charge on any atom is -0.344 e. The number of thioether (sulfide) groups is 1. The van der Waals surface area contributed by atoms with Crippen molar-refractivity contribution >= 4 is 32.5 Å². The first-order valence-corrected chi connectivity index (χ1v) is 11.2. The second-order valence-electron chi connectivity index (χ2n) is 6.84. The molecular formula is C16H22N4O2S2. The SMILES string of the molecule is Cc1cc(C2=NNC(=NC3CC3)SC2)c(C)n1C1CCS(=O)(=O)C1. The van der Waals surface area contributed by atoms with Crippen molar-refractivity contribution in [1.29, 1.82) is 0 Å². The zero-order valence-corrected chi connectivity index (χ0v) is 15.6. The van der Waals surface area contributed by atoms with Crippen molar-refractivity contribution in [2.24, 2.45) is 10.1 Å². The highest BCUT2D eigenvalue weighted by molar-refractivity contribution is 8.14. The van der Waals surface area contributed by atoms with Gasteiger partial charge in [0.15, 0.2) is 15.0 Å². The Kier molecular flexibility index (Phi) is 3.99. The minimum atomic E-state index is -2.89. The summed E-state index contributed by atoms with van der Waals surface area (Å²) in [6.07, 6.45) is 3.08. The van der Waals surface area contributed by atoms with Crippen LogP contribution in [0.2, 0.25) is 0 Å². The summed E-state index contributed by atoms with van der Waals surface area (Å²) in [7, 11) is -2.89. The molecule has 3 aliphatic rings. The van der Waals surface area contributed by atoms with Crippen LogP contribution in [-0.4, -0.2) is 47.2 Å². The molecule has 1 aromatic rings. The van der Waals surface area contributed by atoms with Crippen LogP contribution in [0.25, 0.3) is 0 Å². The van der Waals surface area contributed by atoms with Gasteiger partial charge in [-0.1, -0.05) is 11.8 Å². The summed E-state index contributed by atoms with van der Waals surface area (Å²) in [6.45, 7) is 4.11. The molecule has 130 valence electrons. The molecule has 0 bridgehead atoms. The van der Waals surface area contributed by atoms with E-state index in [2.05, 4.69) is 33.1 Å². The molecule has 1 saturated heterocycles. The molecule has 0 aromatic carbocycles. The molecule has 1 unspecified atom stereocenters. The van der Waals surface area contributed by atoms with E-state index in [0.29, 0.717) is 18.2 Å². The van der Waals surface area contributed by atoms with Crippen molar-refractivity contribution in [2.75, 3.05) is 17.3 Å². The average molecular weight is 367 g/mol. The lowest BCUT2D eigenvalue weighted by Crippen LogP contribution is -2.26. The summed E-state index contributed by atoms with van der Waals surface area (Å²) in [4.78, 5) is 4.59. The monoisotopic (exact) mass is 366 g/mol. The van der Waals surface area contributed by atoms with Gasteiger partial charge < -0.3 is 4.57 Å². The van der Waals surface area contributed by atoms with Crippen LogP contribution >= 0.6 is 11.8 Å². The van der Waals surface area contributed by atoms with Crippen LogP contribution in [0.3, 0.4) is 0 Å². The number of rotatable bonds is 3. The quantitative estimate of drug-likeness (QED) is 0.888. The third kappa shape index (κ3) is 3.13. The Hall–Kier alpha value is -1.28. The molecule has 1 aromatic heterocycles. The van der Waals surface area contributed by atoms with E-state index in [0.717, 1.165) is 33.6 Å². The first kappa shape index (κ1) is 16.2. The molecule has 0 radical (unpaired) electrons. The summed E-state index contributed by atoms with van der Waals surface area (Å²) in [6, 6.07) is 2.68. The van der Waals surface area contributed by atoms with Gasteiger partial charge in [0.2, 0.25) is 0 Å². The molecule has 8 heteroatoms. The summed E-state index contributed by atoms with van der Waals surface area (Å²) in [5.74, 6) is 1.34. The molecule has 2 aliphatic heterocycles. The van der Waals surface area contributed by atoms with E-state index in [1.165, 1.54) is 12.8 Å². The maximum absolute atomic E-state index is 11.8. The van der Waals surface area contributed by atoms with Crippen molar-refractivity contribution in [3.05, 3.63) is 23.0 Å². The molecule has 3 heterocycles. The predicted molar refractivity (Wildman–Crippen MR) is 98.8 cm³/mol. The Morgan fingerprint density at radius 3 is 2.71 bits per heavy atom. The van der Waals surface area contributed by atoms with Crippen molar-refractivity contribution < 1.29 is 8.42 Å². The lowest BCUT2D eigenvalue weighted by Gasteiger charge is -2.18. The second kappa shape index (κ2) is 5.91. The average Bonchev–Trinajstić information content (AvgIpc) is 3.20. The molecule has 4 rings (SSSR count). The third-order valence-corrected chi connectivity index (χ3v) is 7.49. The molecule has 1 atom stereocenters. The fourth-order valence-electron chi connectivity index (χ4n) is 3.50. The third-order valence-electron chi connectivity index (χ3n) is 4.85. The van der Waals surface area contributed by atoms with Crippen LogP contribution in [0.4, 0.5) is 0 Å². The molecule has 24 heavy (non-hydrogen) atoms. The van der Waals surface area contributed by atoms with Crippen LogP contribution < -0.4 is 5.43 Å². The highest BCUT2D eigenvalue weighted by Gasteiger charge is 2.31. The predicted octanol–water partition coefficient (Wildman–Crippen LogP) is 2.02. The van der Waals surface area contributed by atoms with E-state index in [1.54, 1.807) is 11.8 Å². The maximum atomic E-state index is 11.8. The molecule has 2 fully saturated rings. The number of nitrogens with one attached hydrogen (secondary N) is 1. The molecular weight excluding hydrogens is 344 g/mol. The van der Waals surface area contributed by atoms with E-state index in [4.69, 9.17) is 0 Å². The zero-order chi connectivity index (χ0) is 16.9. The van der Waals surface area contributed by atoms with Crippen molar-refractivity contribution in [1.82, 2.24) is 9.99 Å². The van der Waals surface area contributed by atoms with E-state index in [9.17, 15) is 8.42 Å². The van der Waals surface area contributed by atoms with Crippen molar-refractivity contribution in [3.8, 4) is 0 Å².